The van der Waals surface area contributed by atoms with Gasteiger partial charge in [0, 0.05) is 32.7 Å². The second kappa shape index (κ2) is 13.2. The number of carbonyl (C=O) groups excluding carboxylic acids is 1. The van der Waals surface area contributed by atoms with Crippen LogP contribution >= 0.6 is 0 Å². The van der Waals surface area contributed by atoms with Gasteiger partial charge in [0.1, 0.15) is 0 Å². The number of nitrogens with zero attached hydrogens (tertiary/aromatic N) is 3. The van der Waals surface area contributed by atoms with Crippen molar-refractivity contribution in [2.45, 2.75) is 88.6 Å². The summed E-state index contributed by atoms with van der Waals surface area (Å²) in [6, 6.07) is 8.21. The summed E-state index contributed by atoms with van der Waals surface area (Å²) in [5.41, 5.74) is 0.734. The number of hydrogen-bond acceptors (Lipinski definition) is 3. The van der Waals surface area contributed by atoms with Gasteiger partial charge in [-0.3, -0.25) is 9.69 Å². The Morgan fingerprint density at radius 1 is 0.860 bits per heavy atom. The van der Waals surface area contributed by atoms with Crippen LogP contribution in [0.5, 0.6) is 0 Å². The van der Waals surface area contributed by atoms with Crippen molar-refractivity contribution in [1.29, 1.82) is 0 Å². The van der Waals surface area contributed by atoms with Gasteiger partial charge in [-0.2, -0.15) is 26.3 Å². The lowest BCUT2D eigenvalue weighted by atomic mass is 9.84. The molecular formula is C33H41F6N3O. The first-order valence-corrected chi connectivity index (χ1v) is 15.5. The number of benzene rings is 2. The van der Waals surface area contributed by atoms with Gasteiger partial charge in [-0.1, -0.05) is 24.6 Å². The number of piperidine rings is 2. The molecule has 10 heteroatoms. The van der Waals surface area contributed by atoms with Crippen molar-refractivity contribution in [3.63, 3.8) is 0 Å². The second-order valence-electron chi connectivity index (χ2n) is 12.4. The number of likely N-dealkylation sites (N-methyl/N-ethyl adjacent to an activating group) is 1. The number of rotatable bonds is 7. The Morgan fingerprint density at radius 3 is 2.12 bits per heavy atom. The highest BCUT2D eigenvalue weighted by atomic mass is 19.4. The monoisotopic (exact) mass is 609 g/mol. The van der Waals surface area contributed by atoms with Gasteiger partial charge in [0.05, 0.1) is 23.6 Å². The molecule has 43 heavy (non-hydrogen) atoms. The van der Waals surface area contributed by atoms with E-state index < -0.39 is 35.8 Å². The largest absolute Gasteiger partial charge is 0.416 e. The molecule has 5 rings (SSSR count). The van der Waals surface area contributed by atoms with Gasteiger partial charge in [-0.15, -0.1) is 0 Å². The summed E-state index contributed by atoms with van der Waals surface area (Å²) in [6.45, 7) is 4.35. The molecule has 2 aliphatic heterocycles. The predicted molar refractivity (Wildman–Crippen MR) is 154 cm³/mol. The summed E-state index contributed by atoms with van der Waals surface area (Å²) in [5, 5.41) is 0. The number of carbonyl (C=O) groups is 1. The molecule has 4 nitrogen and oxygen atoms in total. The number of likely N-dealkylation sites (tertiary alicyclic amines) is 2. The standard InChI is InChI=1S/C33H41F6N3O/c1-40(31(43)20-23-18-25(32(34,35)36)21-26(19-23)33(37,38)39)22-30(29-11-7-9-24-8-3-4-10-28(24)29)42-16-12-27(13-17-42)41-14-5-2-6-15-41/h7,9,11,18-19,21,27,30H,2-6,8,10,12-17,20,22H2,1H3. The summed E-state index contributed by atoms with van der Waals surface area (Å²) < 4.78 is 80.5. The topological polar surface area (TPSA) is 26.8 Å². The maximum atomic E-state index is 13.4. The van der Waals surface area contributed by atoms with Crippen molar-refractivity contribution in [1.82, 2.24) is 14.7 Å². The van der Waals surface area contributed by atoms with Crippen molar-refractivity contribution >= 4 is 5.91 Å². The summed E-state index contributed by atoms with van der Waals surface area (Å²) in [4.78, 5) is 19.9. The summed E-state index contributed by atoms with van der Waals surface area (Å²) in [6.07, 6.45) is -0.406. The third kappa shape index (κ3) is 7.74. The molecule has 0 bridgehead atoms. The lowest BCUT2D eigenvalue weighted by Crippen LogP contribution is -2.49. The number of halogens is 6. The number of fused-ring (bicyclic) bond motifs is 1. The quantitative estimate of drug-likeness (QED) is 0.309. The molecule has 3 aliphatic rings. The van der Waals surface area contributed by atoms with Crippen molar-refractivity contribution in [2.75, 3.05) is 39.8 Å². The molecule has 0 saturated carbocycles. The van der Waals surface area contributed by atoms with Crippen LogP contribution in [-0.2, 0) is 36.4 Å². The number of aryl methyl sites for hydroxylation is 1. The molecular weight excluding hydrogens is 568 g/mol. The van der Waals surface area contributed by atoms with Crippen LogP contribution < -0.4 is 0 Å². The van der Waals surface area contributed by atoms with Crippen LogP contribution in [0.4, 0.5) is 26.3 Å². The SMILES string of the molecule is CN(CC(c1cccc2c1CCCC2)N1CCC(N2CCCCC2)CC1)C(=O)Cc1cc(C(F)(F)F)cc(C(F)(F)F)c1. The molecule has 1 amide bonds. The zero-order chi connectivity index (χ0) is 30.8. The first-order valence-electron chi connectivity index (χ1n) is 15.5. The second-order valence-corrected chi connectivity index (χ2v) is 12.4. The predicted octanol–water partition coefficient (Wildman–Crippen LogP) is 7.30. The van der Waals surface area contributed by atoms with E-state index in [2.05, 4.69) is 28.0 Å². The van der Waals surface area contributed by atoms with Crippen LogP contribution in [-0.4, -0.2) is 66.4 Å². The van der Waals surface area contributed by atoms with Crippen LogP contribution in [0, 0.1) is 0 Å². The Hall–Kier alpha value is -2.59. The molecule has 2 fully saturated rings. The molecule has 2 aromatic carbocycles. The fourth-order valence-electron chi connectivity index (χ4n) is 7.17. The van der Waals surface area contributed by atoms with Crippen LogP contribution in [0.15, 0.2) is 36.4 Å². The van der Waals surface area contributed by atoms with Gasteiger partial charge in [-0.25, -0.2) is 0 Å². The third-order valence-electron chi connectivity index (χ3n) is 9.51. The molecule has 0 aromatic heterocycles. The summed E-state index contributed by atoms with van der Waals surface area (Å²) >= 11 is 0. The summed E-state index contributed by atoms with van der Waals surface area (Å²) in [7, 11) is 1.60. The zero-order valence-corrected chi connectivity index (χ0v) is 24.7. The molecule has 2 saturated heterocycles. The Bertz CT molecular complexity index is 1230. The molecule has 1 atom stereocenters. The van der Waals surface area contributed by atoms with Crippen molar-refractivity contribution in [3.05, 3.63) is 69.8 Å². The lowest BCUT2D eigenvalue weighted by Gasteiger charge is -2.44. The molecule has 236 valence electrons. The van der Waals surface area contributed by atoms with Gasteiger partial charge in [-0.05, 0) is 105 Å². The Morgan fingerprint density at radius 2 is 1.49 bits per heavy atom. The highest BCUT2D eigenvalue weighted by molar-refractivity contribution is 5.78. The highest BCUT2D eigenvalue weighted by Crippen LogP contribution is 2.37. The van der Waals surface area contributed by atoms with E-state index >= 15 is 0 Å². The van der Waals surface area contributed by atoms with E-state index in [1.54, 1.807) is 7.05 Å². The molecule has 2 aromatic rings. The van der Waals surface area contributed by atoms with Gasteiger partial charge in [0.15, 0.2) is 0 Å². The maximum Gasteiger partial charge on any atom is 0.416 e. The number of amides is 1. The first kappa shape index (κ1) is 31.8. The average molecular weight is 610 g/mol. The van der Waals surface area contributed by atoms with E-state index in [-0.39, 0.29) is 17.7 Å². The van der Waals surface area contributed by atoms with E-state index in [4.69, 9.17) is 0 Å². The first-order chi connectivity index (χ1) is 20.4. The number of hydrogen-bond donors (Lipinski definition) is 0. The highest BCUT2D eigenvalue weighted by Gasteiger charge is 2.37. The molecule has 1 unspecified atom stereocenters. The fraction of sp³-hybridized carbons (Fsp3) is 0.606. The Labute approximate surface area is 250 Å². The Kier molecular flexibility index (Phi) is 9.76. The van der Waals surface area contributed by atoms with Crippen molar-refractivity contribution in [3.8, 4) is 0 Å². The molecule has 0 N–H and O–H groups in total. The average Bonchev–Trinajstić information content (AvgIpc) is 2.99. The van der Waals surface area contributed by atoms with E-state index in [1.807, 2.05) is 0 Å². The Balaban J connectivity index is 1.36. The van der Waals surface area contributed by atoms with Crippen LogP contribution in [0.1, 0.15) is 84.4 Å². The van der Waals surface area contributed by atoms with E-state index in [0.717, 1.165) is 64.7 Å². The minimum atomic E-state index is -4.96. The van der Waals surface area contributed by atoms with Crippen LogP contribution in [0.25, 0.3) is 0 Å². The third-order valence-corrected chi connectivity index (χ3v) is 9.51. The van der Waals surface area contributed by atoms with Crippen molar-refractivity contribution in [2.24, 2.45) is 0 Å². The fourth-order valence-corrected chi connectivity index (χ4v) is 7.17. The van der Waals surface area contributed by atoms with E-state index in [9.17, 15) is 31.1 Å². The zero-order valence-electron chi connectivity index (χ0n) is 24.7. The normalized spacial score (nSPS) is 20.1. The molecule has 2 heterocycles. The van der Waals surface area contributed by atoms with Gasteiger partial charge in [0.2, 0.25) is 5.91 Å². The van der Waals surface area contributed by atoms with Crippen molar-refractivity contribution < 1.29 is 31.1 Å². The smallest absolute Gasteiger partial charge is 0.344 e. The molecule has 0 radical (unpaired) electrons. The summed E-state index contributed by atoms with van der Waals surface area (Å²) in [5.74, 6) is -0.509. The minimum absolute atomic E-state index is 0.0970. The lowest BCUT2D eigenvalue weighted by molar-refractivity contribution is -0.143. The van der Waals surface area contributed by atoms with Gasteiger partial charge < -0.3 is 9.80 Å². The minimum Gasteiger partial charge on any atom is -0.344 e. The molecule has 0 spiro atoms. The van der Waals surface area contributed by atoms with Crippen LogP contribution in [0.2, 0.25) is 0 Å². The van der Waals surface area contributed by atoms with Crippen LogP contribution in [0.3, 0.4) is 0 Å². The molecule has 1 aliphatic carbocycles. The maximum absolute atomic E-state index is 13.4. The van der Waals surface area contributed by atoms with E-state index in [1.165, 1.54) is 40.9 Å². The number of alkyl halides is 6. The van der Waals surface area contributed by atoms with Gasteiger partial charge in [0.25, 0.3) is 0 Å². The van der Waals surface area contributed by atoms with Gasteiger partial charge >= 0.3 is 12.4 Å². The van der Waals surface area contributed by atoms with E-state index in [0.29, 0.717) is 24.7 Å².